The fraction of sp³-hybridized carbons (Fsp3) is 0.0571. The number of hydrogen-bond acceptors (Lipinski definition) is 26. The second-order valence-electron chi connectivity index (χ2n) is 13.8. The van der Waals surface area contributed by atoms with Gasteiger partial charge in [-0.3, -0.25) is 14.9 Å². The van der Waals surface area contributed by atoms with Crippen LogP contribution in [-0.4, -0.2) is 95.2 Å². The number of aromatic nitrogens is 3. The van der Waals surface area contributed by atoms with E-state index in [-0.39, 0.29) is 140 Å². The standard InChI is InChI=1S/C35H29ClN12O17S6.4Na/c1-2-66(50,51)20-7-3-18(4-8-20)43-45-23-16-25(69(57,58)59)24(15-22(23)39-35-41-33(36)40-34(38)42-35)46-48-31-27(71(63,64)65)14-17-13-26(70(60,61)62)30(29(37)28(17)32(31)49)47-44-19-5-9-21(10-6-19)67(52,53)11-12-68(54,55)56;;;;/h2-10,13-16,49H,1,11-12,37H2,(H,54,55,56)(H,57,58,59)(H,60,61,62)(H,63,64,65)(H3,38,39,40,41,42);;;;/q;4*+1/p-4. The van der Waals surface area contributed by atoms with Crippen LogP contribution in [-0.2, 0) is 60.1 Å². The number of benzene rings is 5. The van der Waals surface area contributed by atoms with Gasteiger partial charge in [-0.15, -0.1) is 20.5 Å². The van der Waals surface area contributed by atoms with Crippen LogP contribution in [0.25, 0.3) is 10.8 Å². The summed E-state index contributed by atoms with van der Waals surface area (Å²) in [6.45, 7) is 3.23. The van der Waals surface area contributed by atoms with Crippen LogP contribution in [0, 0.1) is 5.41 Å². The molecule has 0 atom stereocenters. The normalized spacial score (nSPS) is 12.8. The van der Waals surface area contributed by atoms with Gasteiger partial charge >= 0.3 is 118 Å². The Balaban J connectivity index is 0.00000481. The second-order valence-corrected chi connectivity index (χ2v) is 23.8. The van der Waals surface area contributed by atoms with E-state index in [9.17, 15) is 73.8 Å². The fourth-order valence-corrected chi connectivity index (χ4v) is 11.1. The number of hydrogen-bond donors (Lipinski definition) is 5. The van der Waals surface area contributed by atoms with E-state index in [0.717, 1.165) is 36.4 Å². The van der Waals surface area contributed by atoms with Gasteiger partial charge in [0, 0.05) is 10.8 Å². The Labute approximate surface area is 518 Å². The fourth-order valence-electron chi connectivity index (χ4n) is 5.82. The first-order valence-corrected chi connectivity index (χ1v) is 27.8. The van der Waals surface area contributed by atoms with Crippen molar-refractivity contribution in [2.24, 2.45) is 35.7 Å². The van der Waals surface area contributed by atoms with Gasteiger partial charge in [-0.2, -0.15) is 23.6 Å². The maximum Gasteiger partial charge on any atom is 1.00 e. The molecule has 6 rings (SSSR count). The van der Waals surface area contributed by atoms with Gasteiger partial charge in [0.25, 0.3) is 10.1 Å². The van der Waals surface area contributed by atoms with Crippen molar-refractivity contribution in [1.82, 2.24) is 15.0 Å². The monoisotopic (exact) mass is 1200 g/mol. The zero-order valence-corrected chi connectivity index (χ0v) is 52.2. The summed E-state index contributed by atoms with van der Waals surface area (Å²) in [6.07, 6.45) is 0. The van der Waals surface area contributed by atoms with Crippen LogP contribution in [0.2, 0.25) is 5.28 Å². The summed E-state index contributed by atoms with van der Waals surface area (Å²) in [4.78, 5) is 7.83. The van der Waals surface area contributed by atoms with E-state index >= 15 is 0 Å². The SMILES string of the molecule is C=CS(=O)(=O)c1ccc(N=Nc2cc(S(=O)(=O)[O-])c(N=Nc3c(S(=O)(=O)O)cc4cc(S(=O)(=O)[O-])c(N=Nc5ccc(S(=O)(=O)CCS(=O)(=O)[O-])cc5)c(N)c4c3[O-])cc2N=c2[nH]c(Cl)nc(=N)[nH]2)cc1.[Na+].[Na+].[Na+].[Na+]. The Morgan fingerprint density at radius 2 is 1.16 bits per heavy atom. The van der Waals surface area contributed by atoms with Crippen molar-refractivity contribution in [2.45, 2.75) is 24.5 Å². The van der Waals surface area contributed by atoms with Crippen molar-refractivity contribution in [3.63, 3.8) is 0 Å². The molecule has 0 aliphatic rings. The third-order valence-electron chi connectivity index (χ3n) is 9.05. The van der Waals surface area contributed by atoms with Crippen molar-refractivity contribution < 1.29 is 192 Å². The molecule has 0 saturated heterocycles. The number of azo groups is 3. The Hall–Kier alpha value is -3.06. The van der Waals surface area contributed by atoms with Crippen LogP contribution >= 0.6 is 11.6 Å². The molecule has 0 fully saturated rings. The molecular weight excluding hydrogens is 1180 g/mol. The number of anilines is 1. The van der Waals surface area contributed by atoms with Crippen LogP contribution in [0.15, 0.2) is 145 Å². The van der Waals surface area contributed by atoms with Gasteiger partial charge in [-0.1, -0.05) is 12.3 Å². The average molecular weight is 1210 g/mol. The minimum Gasteiger partial charge on any atom is -0.870 e. The topological polar surface area (TPSA) is 498 Å². The van der Waals surface area contributed by atoms with Gasteiger partial charge in [-0.25, -0.2) is 47.1 Å². The number of halogens is 1. The number of nitrogens with one attached hydrogen (secondary N) is 3. The third kappa shape index (κ3) is 17.2. The summed E-state index contributed by atoms with van der Waals surface area (Å²) in [5, 5.41) is 43.0. The Morgan fingerprint density at radius 3 is 1.67 bits per heavy atom. The molecule has 6 N–H and O–H groups in total. The molecule has 0 radical (unpaired) electrons. The number of fused-ring (bicyclic) bond motifs is 1. The molecule has 40 heteroatoms. The molecule has 0 bridgehead atoms. The molecule has 1 aromatic heterocycles. The minimum atomic E-state index is -5.67. The number of nitrogens with two attached hydrogens (primary N) is 1. The van der Waals surface area contributed by atoms with E-state index in [1.807, 2.05) is 0 Å². The molecule has 6 aromatic rings. The van der Waals surface area contributed by atoms with Crippen molar-refractivity contribution >= 4 is 128 Å². The first-order chi connectivity index (χ1) is 32.8. The molecule has 0 aliphatic carbocycles. The van der Waals surface area contributed by atoms with Crippen molar-refractivity contribution in [3.05, 3.63) is 101 Å². The number of rotatable bonds is 16. The minimum absolute atomic E-state index is 0. The summed E-state index contributed by atoms with van der Waals surface area (Å²) in [6, 6.07) is 10.5. The number of nitrogens with zero attached hydrogens (tertiary/aromatic N) is 8. The summed E-state index contributed by atoms with van der Waals surface area (Å²) >= 11 is 5.91. The molecule has 29 nitrogen and oxygen atoms in total. The maximum absolute atomic E-state index is 14.2. The van der Waals surface area contributed by atoms with Crippen molar-refractivity contribution in [2.75, 3.05) is 17.2 Å². The van der Waals surface area contributed by atoms with E-state index in [4.69, 9.17) is 22.7 Å². The molecule has 5 aromatic carbocycles. The number of nitrogen functional groups attached to an aromatic ring is 1. The number of H-pyrrole nitrogens is 2. The molecule has 0 aliphatic heterocycles. The average Bonchev–Trinajstić information content (AvgIpc) is 3.25. The summed E-state index contributed by atoms with van der Waals surface area (Å²) in [5.41, 5.74) is -0.522. The molecule has 0 spiro atoms. The van der Waals surface area contributed by atoms with Crippen LogP contribution in [0.5, 0.6) is 5.75 Å². The first-order valence-electron chi connectivity index (χ1n) is 18.4. The molecular formula is C35H25ClN12Na4O17S6. The predicted molar refractivity (Wildman–Crippen MR) is 238 cm³/mol. The van der Waals surface area contributed by atoms with Crippen molar-refractivity contribution in [3.8, 4) is 5.75 Å². The van der Waals surface area contributed by atoms with Crippen molar-refractivity contribution in [1.29, 1.82) is 5.41 Å². The number of sulfone groups is 2. The van der Waals surface area contributed by atoms with Crippen LogP contribution in [0.1, 0.15) is 0 Å². The summed E-state index contributed by atoms with van der Waals surface area (Å²) < 4.78 is 193. The number of aromatic amines is 2. The van der Waals surface area contributed by atoms with Gasteiger partial charge in [0.2, 0.25) is 16.5 Å². The Morgan fingerprint density at radius 1 is 0.653 bits per heavy atom. The Kier molecular flexibility index (Phi) is 23.8. The van der Waals surface area contributed by atoms with Gasteiger partial charge < -0.3 is 29.5 Å². The van der Waals surface area contributed by atoms with Gasteiger partial charge in [-0.05, 0) is 89.8 Å². The van der Waals surface area contributed by atoms with Crippen LogP contribution in [0.4, 0.5) is 45.5 Å². The molecule has 75 heavy (non-hydrogen) atoms. The van der Waals surface area contributed by atoms with E-state index in [1.165, 1.54) is 12.1 Å². The molecule has 0 amide bonds. The van der Waals surface area contributed by atoms with Gasteiger partial charge in [0.15, 0.2) is 19.7 Å². The Bertz CT molecular complexity index is 4170. The van der Waals surface area contributed by atoms with E-state index in [1.54, 1.807) is 0 Å². The van der Waals surface area contributed by atoms with E-state index < -0.39 is 153 Å². The van der Waals surface area contributed by atoms with E-state index in [2.05, 4.69) is 57.2 Å². The first kappa shape index (κ1) is 68.0. The molecule has 1 heterocycles. The maximum atomic E-state index is 14.2. The third-order valence-corrected chi connectivity index (χ3v) is 15.9. The zero-order chi connectivity index (χ0) is 52.6. The smallest absolute Gasteiger partial charge is 0.870 e. The predicted octanol–water partition coefficient (Wildman–Crippen LogP) is -8.53. The van der Waals surface area contributed by atoms with Crippen LogP contribution < -0.4 is 140 Å². The molecule has 374 valence electrons. The van der Waals surface area contributed by atoms with Gasteiger partial charge in [0.05, 0.1) is 69.6 Å². The zero-order valence-electron chi connectivity index (χ0n) is 38.6. The second kappa shape index (κ2) is 26.3. The van der Waals surface area contributed by atoms with Gasteiger partial charge in [0.1, 0.15) is 42.2 Å². The van der Waals surface area contributed by atoms with Crippen LogP contribution in [0.3, 0.4) is 0 Å². The molecule has 0 unspecified atom stereocenters. The quantitative estimate of drug-likeness (QED) is 0.0260. The molecule has 0 saturated carbocycles. The summed E-state index contributed by atoms with van der Waals surface area (Å²) in [7, 11) is -30.0. The van der Waals surface area contributed by atoms with E-state index in [0.29, 0.717) is 29.7 Å². The summed E-state index contributed by atoms with van der Waals surface area (Å²) in [5.74, 6) is -3.93. The largest absolute Gasteiger partial charge is 1.00 e.